The largest absolute Gasteiger partial charge is 0.341 e. The molecule has 0 aliphatic carbocycles. The van der Waals surface area contributed by atoms with Crippen LogP contribution in [0.25, 0.3) is 11.4 Å². The second-order valence-electron chi connectivity index (χ2n) is 3.57. The fourth-order valence-corrected chi connectivity index (χ4v) is 1.78. The number of aromatic nitrogens is 4. The molecule has 5 nitrogen and oxygen atoms in total. The molecule has 90 valence electrons. The number of hydrogen-bond acceptors (Lipinski definition) is 3. The number of nitrogens with one attached hydrogen (secondary N) is 1. The first-order chi connectivity index (χ1) is 8.24. The molecule has 0 saturated carbocycles. The Kier molecular flexibility index (Phi) is 3.58. The second-order valence-corrected chi connectivity index (χ2v) is 4.01. The molecule has 0 unspecified atom stereocenters. The highest BCUT2D eigenvalue weighted by Crippen LogP contribution is 2.17. The van der Waals surface area contributed by atoms with Gasteiger partial charge in [0.05, 0.1) is 28.7 Å². The van der Waals surface area contributed by atoms with Gasteiger partial charge in [0.1, 0.15) is 0 Å². The maximum atomic E-state index is 5.94. The van der Waals surface area contributed by atoms with Gasteiger partial charge in [-0.05, 0) is 37.3 Å². The zero-order valence-corrected chi connectivity index (χ0v) is 10.6. The summed E-state index contributed by atoms with van der Waals surface area (Å²) in [6.07, 6.45) is 0. The topological polar surface area (TPSA) is 48.7 Å². The summed E-state index contributed by atoms with van der Waals surface area (Å²) in [5.74, 6) is 0.638. The van der Waals surface area contributed by atoms with Crippen molar-refractivity contribution < 1.29 is 4.91 Å². The Morgan fingerprint density at radius 1 is 1.35 bits per heavy atom. The molecule has 0 radical (unpaired) electrons. The summed E-state index contributed by atoms with van der Waals surface area (Å²) >= 11 is 5.94. The SMILES string of the molecule is CCN(CC)[n+]1nc(-c2cccc(Cl)c2)n[nH]1. The fraction of sp³-hybridized carbons (Fsp3) is 0.364. The Hall–Kier alpha value is -1.62. The normalized spacial score (nSPS) is 10.5. The highest BCUT2D eigenvalue weighted by molar-refractivity contribution is 6.30. The number of tetrazole rings is 1. The molecule has 0 saturated heterocycles. The zero-order chi connectivity index (χ0) is 12.3. The lowest BCUT2D eigenvalue weighted by molar-refractivity contribution is -0.800. The summed E-state index contributed by atoms with van der Waals surface area (Å²) in [5, 5.41) is 14.1. The van der Waals surface area contributed by atoms with E-state index in [4.69, 9.17) is 11.6 Å². The maximum Gasteiger partial charge on any atom is 0.341 e. The van der Waals surface area contributed by atoms with Crippen LogP contribution in [-0.2, 0) is 0 Å². The molecule has 1 heterocycles. The van der Waals surface area contributed by atoms with Crippen LogP contribution >= 0.6 is 11.6 Å². The number of benzene rings is 1. The number of aromatic amines is 1. The number of hydrogen-bond donors (Lipinski definition) is 1. The number of rotatable bonds is 4. The molecule has 2 aromatic rings. The van der Waals surface area contributed by atoms with Crippen molar-refractivity contribution in [3.63, 3.8) is 0 Å². The van der Waals surface area contributed by atoms with Crippen molar-refractivity contribution in [2.24, 2.45) is 0 Å². The molecular formula is C11H15ClN5+. The average molecular weight is 253 g/mol. The molecule has 0 aliphatic heterocycles. The minimum absolute atomic E-state index is 0.638. The van der Waals surface area contributed by atoms with Crippen LogP contribution in [0, 0.1) is 0 Å². The third kappa shape index (κ3) is 2.55. The van der Waals surface area contributed by atoms with E-state index in [0.29, 0.717) is 10.8 Å². The van der Waals surface area contributed by atoms with E-state index >= 15 is 0 Å². The van der Waals surface area contributed by atoms with Gasteiger partial charge in [0.25, 0.3) is 0 Å². The second kappa shape index (κ2) is 5.14. The average Bonchev–Trinajstić information content (AvgIpc) is 2.80. The lowest BCUT2D eigenvalue weighted by Gasteiger charge is -2.10. The minimum Gasteiger partial charge on any atom is -0.205 e. The third-order valence-corrected chi connectivity index (χ3v) is 2.75. The van der Waals surface area contributed by atoms with Crippen LogP contribution in [0.2, 0.25) is 5.02 Å². The van der Waals surface area contributed by atoms with Crippen molar-refractivity contribution in [3.05, 3.63) is 29.3 Å². The summed E-state index contributed by atoms with van der Waals surface area (Å²) in [4.78, 5) is 1.65. The summed E-state index contributed by atoms with van der Waals surface area (Å²) < 4.78 is 0. The molecular weight excluding hydrogens is 238 g/mol. The Morgan fingerprint density at radius 3 is 2.76 bits per heavy atom. The van der Waals surface area contributed by atoms with Crippen molar-refractivity contribution in [3.8, 4) is 11.4 Å². The number of H-pyrrole nitrogens is 1. The van der Waals surface area contributed by atoms with Gasteiger partial charge in [0.15, 0.2) is 0 Å². The number of halogens is 1. The standard InChI is InChI=1S/C11H14ClN5/c1-3-16(4-2)17-14-11(13-15-17)9-6-5-7-10(12)8-9/h5-8H,3-4H2,1-2H3/p+1. The first-order valence-corrected chi connectivity index (χ1v) is 5.98. The molecule has 17 heavy (non-hydrogen) atoms. The van der Waals surface area contributed by atoms with Crippen molar-refractivity contribution in [2.45, 2.75) is 13.8 Å². The van der Waals surface area contributed by atoms with Crippen molar-refractivity contribution in [1.82, 2.24) is 15.4 Å². The molecule has 0 spiro atoms. The quantitative estimate of drug-likeness (QED) is 0.837. The Balaban J connectivity index is 2.29. The first-order valence-electron chi connectivity index (χ1n) is 5.60. The predicted molar refractivity (Wildman–Crippen MR) is 66.3 cm³/mol. The van der Waals surface area contributed by atoms with Gasteiger partial charge in [0.2, 0.25) is 0 Å². The summed E-state index contributed by atoms with van der Waals surface area (Å²) in [6.45, 7) is 5.87. The van der Waals surface area contributed by atoms with E-state index < -0.39 is 0 Å². The molecule has 2 rings (SSSR count). The first kappa shape index (κ1) is 11.9. The van der Waals surface area contributed by atoms with E-state index in [1.165, 1.54) is 0 Å². The van der Waals surface area contributed by atoms with Gasteiger partial charge in [0, 0.05) is 10.1 Å². The summed E-state index contributed by atoms with van der Waals surface area (Å²) in [7, 11) is 0. The molecule has 0 amide bonds. The van der Waals surface area contributed by atoms with Crippen LogP contribution in [0.15, 0.2) is 24.3 Å². The zero-order valence-electron chi connectivity index (χ0n) is 9.89. The molecule has 1 aromatic heterocycles. The van der Waals surface area contributed by atoms with Gasteiger partial charge in [-0.15, -0.1) is 0 Å². The molecule has 0 atom stereocenters. The Labute approximate surface area is 105 Å². The van der Waals surface area contributed by atoms with Crippen LogP contribution in [0.1, 0.15) is 13.8 Å². The van der Waals surface area contributed by atoms with E-state index in [1.807, 2.05) is 29.3 Å². The van der Waals surface area contributed by atoms with Crippen molar-refractivity contribution >= 4 is 11.6 Å². The van der Waals surface area contributed by atoms with Crippen molar-refractivity contribution in [2.75, 3.05) is 18.1 Å². The molecule has 0 fully saturated rings. The van der Waals surface area contributed by atoms with Gasteiger partial charge in [-0.25, -0.2) is 5.01 Å². The summed E-state index contributed by atoms with van der Waals surface area (Å²) in [5.41, 5.74) is 0.902. The minimum atomic E-state index is 0.638. The van der Waals surface area contributed by atoms with E-state index in [2.05, 4.69) is 29.3 Å². The highest BCUT2D eigenvalue weighted by Gasteiger charge is 2.17. The smallest absolute Gasteiger partial charge is 0.205 e. The molecule has 0 aliphatic rings. The Bertz CT molecular complexity index is 492. The monoisotopic (exact) mass is 252 g/mol. The van der Waals surface area contributed by atoms with Gasteiger partial charge in [-0.2, -0.15) is 0 Å². The van der Waals surface area contributed by atoms with Crippen LogP contribution in [0.4, 0.5) is 0 Å². The molecule has 0 bridgehead atoms. The van der Waals surface area contributed by atoms with Crippen LogP contribution in [0.3, 0.4) is 0 Å². The van der Waals surface area contributed by atoms with Gasteiger partial charge in [-0.1, -0.05) is 17.7 Å². The fourth-order valence-electron chi connectivity index (χ4n) is 1.59. The van der Waals surface area contributed by atoms with Gasteiger partial charge < -0.3 is 0 Å². The maximum absolute atomic E-state index is 5.94. The van der Waals surface area contributed by atoms with E-state index in [-0.39, 0.29) is 0 Å². The third-order valence-electron chi connectivity index (χ3n) is 2.52. The van der Waals surface area contributed by atoms with Crippen LogP contribution in [-0.4, -0.2) is 28.5 Å². The lowest BCUT2D eigenvalue weighted by Crippen LogP contribution is -2.61. The van der Waals surface area contributed by atoms with Gasteiger partial charge >= 0.3 is 5.82 Å². The lowest BCUT2D eigenvalue weighted by atomic mass is 10.2. The van der Waals surface area contributed by atoms with Crippen LogP contribution in [0.5, 0.6) is 0 Å². The van der Waals surface area contributed by atoms with Crippen molar-refractivity contribution in [1.29, 1.82) is 0 Å². The van der Waals surface area contributed by atoms with E-state index in [1.54, 1.807) is 4.91 Å². The Morgan fingerprint density at radius 2 is 2.12 bits per heavy atom. The van der Waals surface area contributed by atoms with E-state index in [9.17, 15) is 0 Å². The highest BCUT2D eigenvalue weighted by atomic mass is 35.5. The molecule has 1 aromatic carbocycles. The summed E-state index contributed by atoms with van der Waals surface area (Å²) in [6, 6.07) is 7.49. The van der Waals surface area contributed by atoms with Gasteiger partial charge in [-0.3, -0.25) is 0 Å². The predicted octanol–water partition coefficient (Wildman–Crippen LogP) is 1.39. The molecule has 6 heteroatoms. The van der Waals surface area contributed by atoms with E-state index in [0.717, 1.165) is 18.7 Å². The van der Waals surface area contributed by atoms with Crippen LogP contribution < -0.4 is 9.91 Å². The number of nitrogens with zero attached hydrogens (tertiary/aromatic N) is 4. The molecule has 1 N–H and O–H groups in total.